The van der Waals surface area contributed by atoms with Gasteiger partial charge in [0.25, 0.3) is 5.91 Å². The first-order valence-electron chi connectivity index (χ1n) is 5.70. The van der Waals surface area contributed by atoms with E-state index in [1.165, 1.54) is 19.2 Å². The molecule has 1 aromatic carbocycles. The summed E-state index contributed by atoms with van der Waals surface area (Å²) >= 11 is 5.87. The third kappa shape index (κ3) is 2.82. The molecule has 98 valence electrons. The molecule has 0 bridgehead atoms. The summed E-state index contributed by atoms with van der Waals surface area (Å²) in [5.74, 6) is 0.0946. The van der Waals surface area contributed by atoms with Crippen molar-refractivity contribution in [1.82, 2.24) is 4.90 Å². The number of ether oxygens (including phenoxy) is 1. The highest BCUT2D eigenvalue weighted by Gasteiger charge is 2.21. The lowest BCUT2D eigenvalue weighted by Crippen LogP contribution is -2.31. The number of carbonyl (C=O) groups excluding carboxylic acids is 2. The van der Waals surface area contributed by atoms with Crippen molar-refractivity contribution >= 4 is 23.8 Å². The maximum absolute atomic E-state index is 12.3. The number of hydrogen-bond donors (Lipinski definition) is 0. The summed E-state index contributed by atoms with van der Waals surface area (Å²) in [6, 6.07) is 3.00. The molecule has 5 heteroatoms. The fourth-order valence-corrected chi connectivity index (χ4v) is 1.97. The molecule has 0 unspecified atom stereocenters. The lowest BCUT2D eigenvalue weighted by atomic mass is 10.1. The van der Waals surface area contributed by atoms with Crippen molar-refractivity contribution in [3.63, 3.8) is 0 Å². The topological polar surface area (TPSA) is 46.6 Å². The van der Waals surface area contributed by atoms with E-state index in [1.807, 2.05) is 13.8 Å². The number of benzene rings is 1. The van der Waals surface area contributed by atoms with E-state index in [0.717, 1.165) is 0 Å². The van der Waals surface area contributed by atoms with Crippen LogP contribution in [0.4, 0.5) is 0 Å². The van der Waals surface area contributed by atoms with Gasteiger partial charge in [-0.25, -0.2) is 0 Å². The van der Waals surface area contributed by atoms with Crippen LogP contribution >= 0.6 is 11.6 Å². The SMILES string of the molecule is CCN(CC)C(=O)c1c(C=O)cc(Cl)cc1OC. The predicted molar refractivity (Wildman–Crippen MR) is 70.6 cm³/mol. The molecule has 4 nitrogen and oxygen atoms in total. The summed E-state index contributed by atoms with van der Waals surface area (Å²) in [7, 11) is 1.44. The highest BCUT2D eigenvalue weighted by molar-refractivity contribution is 6.31. The van der Waals surface area contributed by atoms with E-state index in [9.17, 15) is 9.59 Å². The zero-order valence-electron chi connectivity index (χ0n) is 10.7. The minimum Gasteiger partial charge on any atom is -0.496 e. The molecule has 0 saturated carbocycles. The van der Waals surface area contributed by atoms with Gasteiger partial charge in [0.05, 0.1) is 12.7 Å². The summed E-state index contributed by atoms with van der Waals surface area (Å²) in [5, 5.41) is 0.366. The van der Waals surface area contributed by atoms with Crippen molar-refractivity contribution in [1.29, 1.82) is 0 Å². The summed E-state index contributed by atoms with van der Waals surface area (Å²) in [6.45, 7) is 4.90. The molecule has 0 aliphatic carbocycles. The number of aldehydes is 1. The van der Waals surface area contributed by atoms with E-state index in [0.29, 0.717) is 30.1 Å². The van der Waals surface area contributed by atoms with Gasteiger partial charge in [-0.1, -0.05) is 11.6 Å². The third-order valence-electron chi connectivity index (χ3n) is 2.71. The Balaban J connectivity index is 3.37. The van der Waals surface area contributed by atoms with Gasteiger partial charge in [-0.15, -0.1) is 0 Å². The molecule has 0 radical (unpaired) electrons. The average Bonchev–Trinajstić information content (AvgIpc) is 2.38. The minimum atomic E-state index is -0.226. The van der Waals surface area contributed by atoms with Crippen molar-refractivity contribution < 1.29 is 14.3 Å². The monoisotopic (exact) mass is 269 g/mol. The Morgan fingerprint density at radius 3 is 2.44 bits per heavy atom. The van der Waals surface area contributed by atoms with E-state index in [4.69, 9.17) is 16.3 Å². The molecule has 1 aromatic rings. The number of hydrogen-bond acceptors (Lipinski definition) is 3. The Bertz CT molecular complexity index is 456. The number of halogens is 1. The van der Waals surface area contributed by atoms with E-state index < -0.39 is 0 Å². The third-order valence-corrected chi connectivity index (χ3v) is 2.93. The Hall–Kier alpha value is -1.55. The number of amides is 1. The van der Waals surface area contributed by atoms with Gasteiger partial charge in [-0.2, -0.15) is 0 Å². The second-order valence-corrected chi connectivity index (χ2v) is 4.10. The maximum Gasteiger partial charge on any atom is 0.258 e. The highest BCUT2D eigenvalue weighted by atomic mass is 35.5. The van der Waals surface area contributed by atoms with Crippen LogP contribution in [0.3, 0.4) is 0 Å². The van der Waals surface area contributed by atoms with Crippen molar-refractivity contribution in [3.05, 3.63) is 28.3 Å². The summed E-state index contributed by atoms with van der Waals surface area (Å²) in [6.07, 6.45) is 0.616. The Morgan fingerprint density at radius 1 is 1.39 bits per heavy atom. The van der Waals surface area contributed by atoms with Crippen LogP contribution in [-0.4, -0.2) is 37.3 Å². The summed E-state index contributed by atoms with van der Waals surface area (Å²) < 4.78 is 5.14. The average molecular weight is 270 g/mol. The number of rotatable bonds is 5. The van der Waals surface area contributed by atoms with Crippen molar-refractivity contribution in [2.24, 2.45) is 0 Å². The Kier molecular flexibility index (Phi) is 5.16. The molecule has 0 heterocycles. The van der Waals surface area contributed by atoms with Gasteiger partial charge in [0.1, 0.15) is 5.75 Å². The first-order valence-corrected chi connectivity index (χ1v) is 6.08. The van der Waals surface area contributed by atoms with Crippen LogP contribution in [0.25, 0.3) is 0 Å². The second-order valence-electron chi connectivity index (χ2n) is 3.67. The number of carbonyl (C=O) groups is 2. The maximum atomic E-state index is 12.3. The first-order chi connectivity index (χ1) is 8.58. The van der Waals surface area contributed by atoms with Crippen LogP contribution in [0.5, 0.6) is 5.75 Å². The lowest BCUT2D eigenvalue weighted by Gasteiger charge is -2.21. The normalized spacial score (nSPS) is 10.0. The lowest BCUT2D eigenvalue weighted by molar-refractivity contribution is 0.0766. The predicted octanol–water partition coefficient (Wildman–Crippen LogP) is 2.64. The van der Waals surface area contributed by atoms with Crippen LogP contribution in [0.15, 0.2) is 12.1 Å². The fraction of sp³-hybridized carbons (Fsp3) is 0.385. The second kappa shape index (κ2) is 6.40. The first kappa shape index (κ1) is 14.5. The Morgan fingerprint density at radius 2 is 2.00 bits per heavy atom. The van der Waals surface area contributed by atoms with Gasteiger partial charge in [-0.05, 0) is 26.0 Å². The zero-order chi connectivity index (χ0) is 13.7. The van der Waals surface area contributed by atoms with Crippen LogP contribution in [0, 0.1) is 0 Å². The molecule has 18 heavy (non-hydrogen) atoms. The van der Waals surface area contributed by atoms with Gasteiger partial charge < -0.3 is 9.64 Å². The van der Waals surface area contributed by atoms with E-state index in [-0.39, 0.29) is 17.0 Å². The molecule has 0 spiro atoms. The molecule has 0 fully saturated rings. The molecule has 0 atom stereocenters. The quantitative estimate of drug-likeness (QED) is 0.772. The standard InChI is InChI=1S/C13H16ClNO3/c1-4-15(5-2)13(17)12-9(8-16)6-10(14)7-11(12)18-3/h6-8H,4-5H2,1-3H3. The van der Waals surface area contributed by atoms with Crippen LogP contribution < -0.4 is 4.74 Å². The molecule has 1 rings (SSSR count). The van der Waals surface area contributed by atoms with Gasteiger partial charge >= 0.3 is 0 Å². The molecule has 0 aliphatic rings. The smallest absolute Gasteiger partial charge is 0.258 e. The van der Waals surface area contributed by atoms with E-state index in [2.05, 4.69) is 0 Å². The van der Waals surface area contributed by atoms with Gasteiger partial charge in [0, 0.05) is 23.7 Å². The van der Waals surface area contributed by atoms with Crippen molar-refractivity contribution in [2.45, 2.75) is 13.8 Å². The van der Waals surface area contributed by atoms with Gasteiger partial charge in [0.2, 0.25) is 0 Å². The number of nitrogens with zero attached hydrogens (tertiary/aromatic N) is 1. The highest BCUT2D eigenvalue weighted by Crippen LogP contribution is 2.27. The van der Waals surface area contributed by atoms with Gasteiger partial charge in [-0.3, -0.25) is 9.59 Å². The molecule has 0 saturated heterocycles. The Labute approximate surface area is 111 Å². The van der Waals surface area contributed by atoms with E-state index >= 15 is 0 Å². The summed E-state index contributed by atoms with van der Waals surface area (Å²) in [5.41, 5.74) is 0.511. The van der Waals surface area contributed by atoms with Crippen molar-refractivity contribution in [2.75, 3.05) is 20.2 Å². The molecule has 0 aliphatic heterocycles. The molecule has 0 N–H and O–H groups in total. The zero-order valence-corrected chi connectivity index (χ0v) is 11.5. The van der Waals surface area contributed by atoms with Crippen LogP contribution in [-0.2, 0) is 0 Å². The van der Waals surface area contributed by atoms with Crippen LogP contribution in [0.1, 0.15) is 34.6 Å². The van der Waals surface area contributed by atoms with Gasteiger partial charge in [0.15, 0.2) is 6.29 Å². The molecular weight excluding hydrogens is 254 g/mol. The molecule has 0 aromatic heterocycles. The largest absolute Gasteiger partial charge is 0.496 e. The van der Waals surface area contributed by atoms with Crippen LogP contribution in [0.2, 0.25) is 5.02 Å². The molecule has 1 amide bonds. The van der Waals surface area contributed by atoms with E-state index in [1.54, 1.807) is 4.90 Å². The van der Waals surface area contributed by atoms with Crippen molar-refractivity contribution in [3.8, 4) is 5.75 Å². The fourth-order valence-electron chi connectivity index (χ4n) is 1.75. The minimum absolute atomic E-state index is 0.226. The summed E-state index contributed by atoms with van der Waals surface area (Å²) in [4.78, 5) is 25.0. The molecular formula is C13H16ClNO3. The number of methoxy groups -OCH3 is 1.